The van der Waals surface area contributed by atoms with E-state index in [0.717, 1.165) is 11.3 Å². The van der Waals surface area contributed by atoms with Gasteiger partial charge in [-0.3, -0.25) is 0 Å². The number of aromatic nitrogens is 2. The molecule has 1 atom stereocenters. The van der Waals surface area contributed by atoms with Crippen LogP contribution in [0.4, 0.5) is 0 Å². The van der Waals surface area contributed by atoms with Crippen molar-refractivity contribution in [1.82, 2.24) is 9.97 Å². The topological polar surface area (TPSA) is 55.2 Å². The molecule has 1 aromatic heterocycles. The molecule has 1 heterocycles. The van der Waals surface area contributed by atoms with Gasteiger partial charge in [-0.2, -0.15) is 0 Å². The van der Waals surface area contributed by atoms with E-state index >= 15 is 0 Å². The molecule has 1 unspecified atom stereocenters. The van der Waals surface area contributed by atoms with Gasteiger partial charge < -0.3 is 9.84 Å². The molecule has 1 aromatic rings. The zero-order chi connectivity index (χ0) is 12.3. The Morgan fingerprint density at radius 2 is 2.12 bits per heavy atom. The van der Waals surface area contributed by atoms with Crippen LogP contribution >= 0.6 is 0 Å². The molecule has 0 fully saturated rings. The van der Waals surface area contributed by atoms with Gasteiger partial charge in [0.2, 0.25) is 0 Å². The second-order valence-corrected chi connectivity index (χ2v) is 4.35. The average molecular weight is 224 g/mol. The molecule has 4 nitrogen and oxygen atoms in total. The minimum Gasteiger partial charge on any atom is -0.389 e. The van der Waals surface area contributed by atoms with Gasteiger partial charge in [-0.15, -0.1) is 0 Å². The van der Waals surface area contributed by atoms with Crippen LogP contribution in [-0.2, 0) is 10.3 Å². The predicted molar refractivity (Wildman–Crippen MR) is 62.1 cm³/mol. The standard InChI is InChI=1S/C12H20N2O2/c1-6-16-12(4,5)11-13-7-10(9(3)15)8(2)14-11/h7,9,15H,6H2,1-5H3. The molecular formula is C12H20N2O2. The Balaban J connectivity index is 3.05. The van der Waals surface area contributed by atoms with Gasteiger partial charge in [0.05, 0.1) is 6.10 Å². The van der Waals surface area contributed by atoms with Crippen molar-refractivity contribution < 1.29 is 9.84 Å². The first kappa shape index (κ1) is 13.1. The lowest BCUT2D eigenvalue weighted by Crippen LogP contribution is -2.25. The molecule has 0 spiro atoms. The van der Waals surface area contributed by atoms with Gasteiger partial charge in [-0.1, -0.05) is 0 Å². The largest absolute Gasteiger partial charge is 0.389 e. The third-order valence-electron chi connectivity index (χ3n) is 2.51. The maximum absolute atomic E-state index is 9.49. The van der Waals surface area contributed by atoms with Gasteiger partial charge in [-0.25, -0.2) is 9.97 Å². The molecule has 90 valence electrons. The SMILES string of the molecule is CCOC(C)(C)c1ncc(C(C)O)c(C)n1. The first-order chi connectivity index (χ1) is 7.38. The number of hydrogen-bond acceptors (Lipinski definition) is 4. The molecule has 0 saturated carbocycles. The lowest BCUT2D eigenvalue weighted by atomic mass is 10.1. The first-order valence-electron chi connectivity index (χ1n) is 5.54. The fourth-order valence-corrected chi connectivity index (χ4v) is 1.60. The smallest absolute Gasteiger partial charge is 0.159 e. The molecule has 1 N–H and O–H groups in total. The highest BCUT2D eigenvalue weighted by molar-refractivity contribution is 5.19. The number of aliphatic hydroxyl groups is 1. The normalized spacial score (nSPS) is 13.9. The summed E-state index contributed by atoms with van der Waals surface area (Å²) in [6.45, 7) is 10.0. The van der Waals surface area contributed by atoms with Crippen LogP contribution in [0.1, 0.15) is 50.9 Å². The highest BCUT2D eigenvalue weighted by Crippen LogP contribution is 2.23. The first-order valence-corrected chi connectivity index (χ1v) is 5.54. The van der Waals surface area contributed by atoms with Crippen molar-refractivity contribution in [3.63, 3.8) is 0 Å². The molecule has 0 aliphatic heterocycles. The lowest BCUT2D eigenvalue weighted by Gasteiger charge is -2.23. The van der Waals surface area contributed by atoms with E-state index in [1.54, 1.807) is 13.1 Å². The maximum Gasteiger partial charge on any atom is 0.159 e. The van der Waals surface area contributed by atoms with Crippen LogP contribution in [0.5, 0.6) is 0 Å². The van der Waals surface area contributed by atoms with Crippen LogP contribution in [-0.4, -0.2) is 21.7 Å². The molecule has 0 aliphatic carbocycles. The summed E-state index contributed by atoms with van der Waals surface area (Å²) in [6.07, 6.45) is 1.13. The Kier molecular flexibility index (Phi) is 3.99. The van der Waals surface area contributed by atoms with E-state index in [0.29, 0.717) is 12.4 Å². The molecule has 0 radical (unpaired) electrons. The van der Waals surface area contributed by atoms with Crippen LogP contribution in [0, 0.1) is 6.92 Å². The van der Waals surface area contributed by atoms with E-state index in [4.69, 9.17) is 4.74 Å². The highest BCUT2D eigenvalue weighted by atomic mass is 16.5. The van der Waals surface area contributed by atoms with Crippen LogP contribution < -0.4 is 0 Å². The minimum absolute atomic E-state index is 0.489. The fraction of sp³-hybridized carbons (Fsp3) is 0.667. The summed E-state index contributed by atoms with van der Waals surface area (Å²) in [5, 5.41) is 9.49. The molecule has 0 bridgehead atoms. The van der Waals surface area contributed by atoms with Crippen molar-refractivity contribution in [3.8, 4) is 0 Å². The molecule has 0 aromatic carbocycles. The third kappa shape index (κ3) is 2.77. The van der Waals surface area contributed by atoms with Gasteiger partial charge in [0.1, 0.15) is 5.60 Å². The van der Waals surface area contributed by atoms with Crippen molar-refractivity contribution in [1.29, 1.82) is 0 Å². The number of aryl methyl sites for hydroxylation is 1. The number of hydrogen-bond donors (Lipinski definition) is 1. The monoisotopic (exact) mass is 224 g/mol. The molecule has 16 heavy (non-hydrogen) atoms. The van der Waals surface area contributed by atoms with Crippen molar-refractivity contribution in [2.75, 3.05) is 6.61 Å². The minimum atomic E-state index is -0.538. The quantitative estimate of drug-likeness (QED) is 0.851. The lowest BCUT2D eigenvalue weighted by molar-refractivity contribution is -0.0210. The Hall–Kier alpha value is -1.00. The van der Waals surface area contributed by atoms with Gasteiger partial charge in [0, 0.05) is 24.1 Å². The van der Waals surface area contributed by atoms with E-state index in [1.807, 2.05) is 27.7 Å². The van der Waals surface area contributed by atoms with Gasteiger partial charge in [0.15, 0.2) is 5.82 Å². The summed E-state index contributed by atoms with van der Waals surface area (Å²) in [4.78, 5) is 8.64. The zero-order valence-corrected chi connectivity index (χ0v) is 10.6. The molecule has 1 rings (SSSR count). The summed E-state index contributed by atoms with van der Waals surface area (Å²) in [5.74, 6) is 0.649. The Bertz CT molecular complexity index is 362. The van der Waals surface area contributed by atoms with Crippen LogP contribution in [0.3, 0.4) is 0 Å². The third-order valence-corrected chi connectivity index (χ3v) is 2.51. The maximum atomic E-state index is 9.49. The van der Waals surface area contributed by atoms with Crippen molar-refractivity contribution in [2.24, 2.45) is 0 Å². The number of rotatable bonds is 4. The van der Waals surface area contributed by atoms with Crippen molar-refractivity contribution in [2.45, 2.75) is 46.3 Å². The second kappa shape index (κ2) is 4.89. The summed E-state index contributed by atoms with van der Waals surface area (Å²) in [5.41, 5.74) is 1.07. The highest BCUT2D eigenvalue weighted by Gasteiger charge is 2.24. The van der Waals surface area contributed by atoms with E-state index in [1.165, 1.54) is 0 Å². The summed E-state index contributed by atoms with van der Waals surface area (Å²) < 4.78 is 5.58. The van der Waals surface area contributed by atoms with Crippen molar-refractivity contribution in [3.05, 3.63) is 23.3 Å². The van der Waals surface area contributed by atoms with Crippen LogP contribution in [0.25, 0.3) is 0 Å². The predicted octanol–water partition coefficient (Wildman–Crippen LogP) is 2.11. The summed E-state index contributed by atoms with van der Waals surface area (Å²) in [7, 11) is 0. The Morgan fingerprint density at radius 1 is 1.50 bits per heavy atom. The Morgan fingerprint density at radius 3 is 2.56 bits per heavy atom. The van der Waals surface area contributed by atoms with E-state index in [9.17, 15) is 5.11 Å². The van der Waals surface area contributed by atoms with Crippen LogP contribution in [0.2, 0.25) is 0 Å². The zero-order valence-electron chi connectivity index (χ0n) is 10.6. The number of nitrogens with zero attached hydrogens (tertiary/aromatic N) is 2. The molecular weight excluding hydrogens is 204 g/mol. The average Bonchev–Trinajstić information content (AvgIpc) is 2.16. The molecule has 0 aliphatic rings. The van der Waals surface area contributed by atoms with E-state index in [-0.39, 0.29) is 0 Å². The van der Waals surface area contributed by atoms with E-state index < -0.39 is 11.7 Å². The van der Waals surface area contributed by atoms with Crippen LogP contribution in [0.15, 0.2) is 6.20 Å². The van der Waals surface area contributed by atoms with Gasteiger partial charge in [-0.05, 0) is 34.6 Å². The molecule has 0 saturated heterocycles. The fourth-order valence-electron chi connectivity index (χ4n) is 1.60. The second-order valence-electron chi connectivity index (χ2n) is 4.35. The Labute approximate surface area is 96.7 Å². The van der Waals surface area contributed by atoms with E-state index in [2.05, 4.69) is 9.97 Å². The van der Waals surface area contributed by atoms with Crippen molar-refractivity contribution >= 4 is 0 Å². The molecule has 0 amide bonds. The summed E-state index contributed by atoms with van der Waals surface area (Å²) >= 11 is 0. The number of ether oxygens (including phenoxy) is 1. The van der Waals surface area contributed by atoms with Gasteiger partial charge in [0.25, 0.3) is 0 Å². The van der Waals surface area contributed by atoms with Gasteiger partial charge >= 0.3 is 0 Å². The number of aliphatic hydroxyl groups excluding tert-OH is 1. The molecule has 4 heteroatoms. The summed E-state index contributed by atoms with van der Waals surface area (Å²) in [6, 6.07) is 0.